The number of aryl methyl sites for hydroxylation is 1. The van der Waals surface area contributed by atoms with E-state index in [2.05, 4.69) is 20.2 Å². The largest absolute Gasteiger partial charge is 0.510 e. The van der Waals surface area contributed by atoms with Crippen LogP contribution in [0.4, 0.5) is 5.69 Å². The van der Waals surface area contributed by atoms with Crippen LogP contribution in [0.3, 0.4) is 0 Å². The number of ketones is 1. The normalized spacial score (nSPS) is 13.0. The summed E-state index contributed by atoms with van der Waals surface area (Å²) < 4.78 is 0. The van der Waals surface area contributed by atoms with Gasteiger partial charge in [0.15, 0.2) is 11.5 Å². The van der Waals surface area contributed by atoms with Crippen molar-refractivity contribution in [1.29, 1.82) is 0 Å². The Labute approximate surface area is 109 Å². The second-order valence-corrected chi connectivity index (χ2v) is 4.21. The molecule has 1 heterocycles. The van der Waals surface area contributed by atoms with Gasteiger partial charge in [0.05, 0.1) is 16.7 Å². The lowest BCUT2D eigenvalue weighted by Crippen LogP contribution is -1.96. The van der Waals surface area contributed by atoms with Gasteiger partial charge in [-0.05, 0) is 32.0 Å². The number of benzene rings is 1. The number of hydrogen-bond acceptors (Lipinski definition) is 5. The van der Waals surface area contributed by atoms with Gasteiger partial charge in [0.1, 0.15) is 11.6 Å². The zero-order chi connectivity index (χ0) is 14.0. The van der Waals surface area contributed by atoms with Gasteiger partial charge >= 0.3 is 0 Å². The van der Waals surface area contributed by atoms with Crippen LogP contribution in [0, 0.1) is 6.92 Å². The van der Waals surface area contributed by atoms with Crippen LogP contribution in [-0.2, 0) is 4.79 Å². The number of aromatic nitrogens is 2. The number of Topliss-reactive ketones (excluding diaryl/α,β-unsaturated/α-hetero) is 1. The number of azo groups is 1. The lowest BCUT2D eigenvalue weighted by atomic mass is 10.3. The number of nitrogens with zero attached hydrogens (tertiary/aromatic N) is 3. The zero-order valence-corrected chi connectivity index (χ0v) is 10.9. The molecule has 0 aliphatic carbocycles. The number of H-pyrrole nitrogens is 1. The molecular weight excluding hydrogens is 244 g/mol. The molecule has 0 radical (unpaired) electrons. The van der Waals surface area contributed by atoms with E-state index in [9.17, 15) is 9.90 Å². The molecule has 0 saturated heterocycles. The summed E-state index contributed by atoms with van der Waals surface area (Å²) in [5.74, 6) is 0.344. The molecule has 0 fully saturated rings. The summed E-state index contributed by atoms with van der Waals surface area (Å²) in [5.41, 5.74) is 2.23. The first-order valence-corrected chi connectivity index (χ1v) is 5.76. The second-order valence-electron chi connectivity index (χ2n) is 4.21. The zero-order valence-electron chi connectivity index (χ0n) is 10.9. The third kappa shape index (κ3) is 2.85. The van der Waals surface area contributed by atoms with Crippen molar-refractivity contribution in [2.75, 3.05) is 0 Å². The molecule has 0 amide bonds. The summed E-state index contributed by atoms with van der Waals surface area (Å²) in [6, 6.07) is 5.34. The molecule has 19 heavy (non-hydrogen) atoms. The van der Waals surface area contributed by atoms with Crippen molar-refractivity contribution < 1.29 is 9.90 Å². The Morgan fingerprint density at radius 2 is 2.11 bits per heavy atom. The SMILES string of the molecule is CC(=O)C(N=Nc1ccc2nc(C)[nH]c2c1)=C(C)O. The number of hydrogen-bond donors (Lipinski definition) is 2. The second kappa shape index (κ2) is 5.01. The Kier molecular flexibility index (Phi) is 3.41. The Morgan fingerprint density at radius 1 is 1.37 bits per heavy atom. The quantitative estimate of drug-likeness (QED) is 0.502. The summed E-state index contributed by atoms with van der Waals surface area (Å²) in [5, 5.41) is 17.0. The number of aliphatic hydroxyl groups is 1. The number of fused-ring (bicyclic) bond motifs is 1. The summed E-state index contributed by atoms with van der Waals surface area (Å²) in [4.78, 5) is 18.6. The van der Waals surface area contributed by atoms with E-state index < -0.39 is 0 Å². The highest BCUT2D eigenvalue weighted by Gasteiger charge is 2.07. The maximum absolute atomic E-state index is 11.2. The Morgan fingerprint density at radius 3 is 2.74 bits per heavy atom. The fraction of sp³-hybridized carbons (Fsp3) is 0.231. The van der Waals surface area contributed by atoms with E-state index in [1.807, 2.05) is 13.0 Å². The Bertz CT molecular complexity index is 694. The average Bonchev–Trinajstić information content (AvgIpc) is 2.67. The maximum Gasteiger partial charge on any atom is 0.183 e. The van der Waals surface area contributed by atoms with E-state index >= 15 is 0 Å². The standard InChI is InChI=1S/C13H14N4O2/c1-7(18)13(8(2)19)17-16-10-4-5-11-12(6-10)15-9(3)14-11/h4-6,18H,1-3H3,(H,14,15). The van der Waals surface area contributed by atoms with Crippen LogP contribution < -0.4 is 0 Å². The molecule has 0 bridgehead atoms. The van der Waals surface area contributed by atoms with Crippen LogP contribution in [0.1, 0.15) is 19.7 Å². The van der Waals surface area contributed by atoms with E-state index in [0.29, 0.717) is 5.69 Å². The van der Waals surface area contributed by atoms with E-state index in [0.717, 1.165) is 16.9 Å². The molecule has 0 aliphatic rings. The molecular formula is C13H14N4O2. The molecule has 0 saturated carbocycles. The van der Waals surface area contributed by atoms with Crippen molar-refractivity contribution in [3.8, 4) is 0 Å². The number of aliphatic hydroxyl groups excluding tert-OH is 1. The predicted molar refractivity (Wildman–Crippen MR) is 71.4 cm³/mol. The maximum atomic E-state index is 11.2. The molecule has 6 nitrogen and oxygen atoms in total. The molecule has 0 unspecified atom stereocenters. The number of aromatic amines is 1. The van der Waals surface area contributed by atoms with Crippen molar-refractivity contribution in [2.24, 2.45) is 10.2 Å². The number of imidazole rings is 1. The van der Waals surface area contributed by atoms with Gasteiger partial charge in [0, 0.05) is 6.92 Å². The molecule has 2 aromatic rings. The highest BCUT2D eigenvalue weighted by Crippen LogP contribution is 2.20. The van der Waals surface area contributed by atoms with Gasteiger partial charge < -0.3 is 10.1 Å². The lowest BCUT2D eigenvalue weighted by molar-refractivity contribution is -0.113. The van der Waals surface area contributed by atoms with Crippen molar-refractivity contribution in [2.45, 2.75) is 20.8 Å². The van der Waals surface area contributed by atoms with Gasteiger partial charge in [-0.2, -0.15) is 5.11 Å². The van der Waals surface area contributed by atoms with Crippen LogP contribution in [0.2, 0.25) is 0 Å². The number of rotatable bonds is 3. The molecule has 1 aromatic carbocycles. The molecule has 2 N–H and O–H groups in total. The minimum absolute atomic E-state index is 0.0408. The number of allylic oxidation sites excluding steroid dienone is 2. The van der Waals surface area contributed by atoms with Crippen LogP contribution >= 0.6 is 0 Å². The Hall–Kier alpha value is -2.50. The summed E-state index contributed by atoms with van der Waals surface area (Å²) >= 11 is 0. The van der Waals surface area contributed by atoms with Gasteiger partial charge in [0.2, 0.25) is 0 Å². The molecule has 6 heteroatoms. The van der Waals surface area contributed by atoms with Gasteiger partial charge in [-0.15, -0.1) is 5.11 Å². The van der Waals surface area contributed by atoms with Crippen molar-refractivity contribution in [3.05, 3.63) is 35.5 Å². The molecule has 2 rings (SSSR count). The highest BCUT2D eigenvalue weighted by molar-refractivity contribution is 5.93. The first-order valence-electron chi connectivity index (χ1n) is 5.76. The first-order chi connectivity index (χ1) is 8.97. The minimum atomic E-state index is -0.331. The summed E-state index contributed by atoms with van der Waals surface area (Å²) in [6.45, 7) is 4.60. The van der Waals surface area contributed by atoms with E-state index in [-0.39, 0.29) is 17.2 Å². The molecule has 1 aromatic heterocycles. The van der Waals surface area contributed by atoms with Crippen molar-refractivity contribution in [1.82, 2.24) is 9.97 Å². The summed E-state index contributed by atoms with van der Waals surface area (Å²) in [6.07, 6.45) is 0. The molecule has 98 valence electrons. The van der Waals surface area contributed by atoms with Crippen LogP contribution in [0.25, 0.3) is 11.0 Å². The van der Waals surface area contributed by atoms with E-state index in [4.69, 9.17) is 0 Å². The monoisotopic (exact) mass is 258 g/mol. The Balaban J connectivity index is 2.35. The number of carbonyl (C=O) groups is 1. The molecule has 0 spiro atoms. The van der Waals surface area contributed by atoms with Gasteiger partial charge in [-0.1, -0.05) is 0 Å². The summed E-state index contributed by atoms with van der Waals surface area (Å²) in [7, 11) is 0. The van der Waals surface area contributed by atoms with Crippen LogP contribution in [0.5, 0.6) is 0 Å². The number of nitrogens with one attached hydrogen (secondary N) is 1. The fourth-order valence-electron chi connectivity index (χ4n) is 1.69. The third-order valence-corrected chi connectivity index (χ3v) is 2.53. The van der Waals surface area contributed by atoms with E-state index in [1.54, 1.807) is 12.1 Å². The van der Waals surface area contributed by atoms with Crippen LogP contribution in [0.15, 0.2) is 39.9 Å². The van der Waals surface area contributed by atoms with Gasteiger partial charge in [-0.3, -0.25) is 4.79 Å². The van der Waals surface area contributed by atoms with Crippen molar-refractivity contribution >= 4 is 22.5 Å². The molecule has 0 aliphatic heterocycles. The van der Waals surface area contributed by atoms with Crippen molar-refractivity contribution in [3.63, 3.8) is 0 Å². The lowest BCUT2D eigenvalue weighted by Gasteiger charge is -1.97. The number of carbonyl (C=O) groups excluding carboxylic acids is 1. The van der Waals surface area contributed by atoms with Gasteiger partial charge in [-0.25, -0.2) is 4.98 Å². The predicted octanol–water partition coefficient (Wildman–Crippen LogP) is 3.33. The highest BCUT2D eigenvalue weighted by atomic mass is 16.3. The van der Waals surface area contributed by atoms with Gasteiger partial charge in [0.25, 0.3) is 0 Å². The average molecular weight is 258 g/mol. The molecule has 0 atom stereocenters. The van der Waals surface area contributed by atoms with E-state index in [1.165, 1.54) is 13.8 Å². The first kappa shape index (κ1) is 12.9. The van der Waals surface area contributed by atoms with Crippen LogP contribution in [-0.4, -0.2) is 20.9 Å². The minimum Gasteiger partial charge on any atom is -0.510 e. The topological polar surface area (TPSA) is 90.7 Å². The third-order valence-electron chi connectivity index (χ3n) is 2.53. The fourth-order valence-corrected chi connectivity index (χ4v) is 1.69. The smallest absolute Gasteiger partial charge is 0.183 e.